The van der Waals surface area contributed by atoms with Crippen molar-refractivity contribution < 1.29 is 0 Å². The summed E-state index contributed by atoms with van der Waals surface area (Å²) in [6.45, 7) is 4.65. The number of H-pyrrole nitrogens is 1. The van der Waals surface area contributed by atoms with Crippen LogP contribution >= 0.6 is 0 Å². The molecule has 2 aliphatic rings. The number of benzene rings is 1. The molecule has 0 spiro atoms. The maximum Gasteiger partial charge on any atom is 0.0559 e. The Bertz CT molecular complexity index is 916. The molecule has 0 atom stereocenters. The summed E-state index contributed by atoms with van der Waals surface area (Å²) < 4.78 is 0. The quantitative estimate of drug-likeness (QED) is 0.711. The van der Waals surface area contributed by atoms with Gasteiger partial charge in [0.1, 0.15) is 0 Å². The number of likely N-dealkylation sites (tertiary alicyclic amines) is 1. The first-order valence-corrected chi connectivity index (χ1v) is 11.0. The van der Waals surface area contributed by atoms with Crippen LogP contribution in [0.5, 0.6) is 0 Å². The van der Waals surface area contributed by atoms with E-state index < -0.39 is 0 Å². The largest absolute Gasteiger partial charge is 0.370 e. The molecule has 3 aromatic rings. The summed E-state index contributed by atoms with van der Waals surface area (Å²) >= 11 is 0. The number of hydrogen-bond acceptors (Lipinski definition) is 4. The number of aromatic nitrogens is 2. The molecule has 2 fully saturated rings. The Kier molecular flexibility index (Phi) is 5.25. The molecule has 1 aromatic carbocycles. The van der Waals surface area contributed by atoms with Gasteiger partial charge in [-0.3, -0.25) is 4.98 Å². The van der Waals surface area contributed by atoms with Gasteiger partial charge in [-0.25, -0.2) is 0 Å². The third-order valence-corrected chi connectivity index (χ3v) is 6.61. The van der Waals surface area contributed by atoms with E-state index in [1.165, 1.54) is 55.4 Å². The standard InChI is InChI=1S/C24H31N5/c1-28-10-6-20(7-11-28)26-21-8-12-29(13-9-21)22-14-19(16-25-17-22)24-15-18-4-2-3-5-23(18)27-24/h2-5,14-17,20-21,26-27H,6-13H2,1H3. The van der Waals surface area contributed by atoms with Crippen LogP contribution in [-0.4, -0.2) is 60.2 Å². The van der Waals surface area contributed by atoms with Crippen LogP contribution in [0.3, 0.4) is 0 Å². The van der Waals surface area contributed by atoms with Gasteiger partial charge in [-0.15, -0.1) is 0 Å². The number of hydrogen-bond donors (Lipinski definition) is 2. The van der Waals surface area contributed by atoms with Crippen molar-refractivity contribution in [2.45, 2.75) is 37.8 Å². The zero-order valence-electron chi connectivity index (χ0n) is 17.3. The lowest BCUT2D eigenvalue weighted by Gasteiger charge is -2.37. The number of piperidine rings is 2. The number of rotatable bonds is 4. The molecule has 2 aliphatic heterocycles. The highest BCUT2D eigenvalue weighted by Gasteiger charge is 2.24. The fourth-order valence-electron chi connectivity index (χ4n) is 4.79. The van der Waals surface area contributed by atoms with E-state index >= 15 is 0 Å². The molecule has 2 aromatic heterocycles. The van der Waals surface area contributed by atoms with Crippen molar-refractivity contribution in [1.82, 2.24) is 20.2 Å². The van der Waals surface area contributed by atoms with Gasteiger partial charge in [-0.2, -0.15) is 0 Å². The number of pyridine rings is 1. The van der Waals surface area contributed by atoms with E-state index in [-0.39, 0.29) is 0 Å². The Hall–Kier alpha value is -2.37. The summed E-state index contributed by atoms with van der Waals surface area (Å²) in [5.41, 5.74) is 4.71. The van der Waals surface area contributed by atoms with Gasteiger partial charge in [-0.05, 0) is 64.0 Å². The first-order chi connectivity index (χ1) is 14.2. The predicted molar refractivity (Wildman–Crippen MR) is 120 cm³/mol. The van der Waals surface area contributed by atoms with Gasteiger partial charge in [0.2, 0.25) is 0 Å². The average molecular weight is 390 g/mol. The first-order valence-electron chi connectivity index (χ1n) is 11.0. The number of anilines is 1. The van der Waals surface area contributed by atoms with E-state index in [0.29, 0.717) is 12.1 Å². The second-order valence-electron chi connectivity index (χ2n) is 8.71. The highest BCUT2D eigenvalue weighted by Crippen LogP contribution is 2.28. The molecule has 5 rings (SSSR count). The molecule has 2 N–H and O–H groups in total. The number of nitrogens with zero attached hydrogens (tertiary/aromatic N) is 3. The molecule has 5 nitrogen and oxygen atoms in total. The summed E-state index contributed by atoms with van der Waals surface area (Å²) in [6, 6.07) is 14.3. The van der Waals surface area contributed by atoms with Crippen LogP contribution in [0.4, 0.5) is 5.69 Å². The Morgan fingerprint density at radius 3 is 2.41 bits per heavy atom. The summed E-state index contributed by atoms with van der Waals surface area (Å²) in [7, 11) is 2.23. The van der Waals surface area contributed by atoms with Gasteiger partial charge in [0.15, 0.2) is 0 Å². The normalized spacial score (nSPS) is 19.8. The van der Waals surface area contributed by atoms with Crippen molar-refractivity contribution in [2.75, 3.05) is 38.1 Å². The molecule has 4 heterocycles. The van der Waals surface area contributed by atoms with Gasteiger partial charge in [0.25, 0.3) is 0 Å². The maximum atomic E-state index is 4.54. The highest BCUT2D eigenvalue weighted by molar-refractivity contribution is 5.86. The predicted octanol–water partition coefficient (Wildman–Crippen LogP) is 3.88. The summed E-state index contributed by atoms with van der Waals surface area (Å²) in [4.78, 5) is 13.0. The minimum atomic E-state index is 0.657. The van der Waals surface area contributed by atoms with Crippen LogP contribution in [0.1, 0.15) is 25.7 Å². The van der Waals surface area contributed by atoms with Crippen LogP contribution in [0.15, 0.2) is 48.8 Å². The van der Waals surface area contributed by atoms with Crippen molar-refractivity contribution >= 4 is 16.6 Å². The Balaban J connectivity index is 1.23. The van der Waals surface area contributed by atoms with Gasteiger partial charge < -0.3 is 20.1 Å². The van der Waals surface area contributed by atoms with Crippen LogP contribution in [-0.2, 0) is 0 Å². The van der Waals surface area contributed by atoms with Crippen molar-refractivity contribution in [1.29, 1.82) is 0 Å². The highest BCUT2D eigenvalue weighted by atomic mass is 15.2. The topological polar surface area (TPSA) is 47.2 Å². The molecule has 0 saturated carbocycles. The molecular formula is C24H31N5. The zero-order valence-corrected chi connectivity index (χ0v) is 17.3. The molecular weight excluding hydrogens is 358 g/mol. The van der Waals surface area contributed by atoms with Crippen LogP contribution in [0.2, 0.25) is 0 Å². The third-order valence-electron chi connectivity index (χ3n) is 6.61. The number of aromatic amines is 1. The Morgan fingerprint density at radius 2 is 1.66 bits per heavy atom. The van der Waals surface area contributed by atoms with Gasteiger partial charge in [-0.1, -0.05) is 18.2 Å². The van der Waals surface area contributed by atoms with Crippen LogP contribution in [0, 0.1) is 0 Å². The van der Waals surface area contributed by atoms with E-state index in [0.717, 1.165) is 24.3 Å². The SMILES string of the molecule is CN1CCC(NC2CCN(c3cncc(-c4cc5ccccc5[nH]4)c3)CC2)CC1. The molecule has 29 heavy (non-hydrogen) atoms. The summed E-state index contributed by atoms with van der Waals surface area (Å²) in [5.74, 6) is 0. The average Bonchev–Trinajstić information content (AvgIpc) is 3.20. The lowest BCUT2D eigenvalue weighted by atomic mass is 9.99. The second kappa shape index (κ2) is 8.17. The van der Waals surface area contributed by atoms with Crippen molar-refractivity contribution in [3.05, 3.63) is 48.8 Å². The van der Waals surface area contributed by atoms with E-state index in [4.69, 9.17) is 0 Å². The fourth-order valence-corrected chi connectivity index (χ4v) is 4.79. The molecule has 152 valence electrons. The lowest BCUT2D eigenvalue weighted by Crippen LogP contribution is -2.49. The second-order valence-corrected chi connectivity index (χ2v) is 8.71. The molecule has 0 radical (unpaired) electrons. The van der Waals surface area contributed by atoms with Crippen molar-refractivity contribution in [2.24, 2.45) is 0 Å². The number of para-hydroxylation sites is 1. The van der Waals surface area contributed by atoms with Gasteiger partial charge in [0.05, 0.1) is 11.9 Å². The molecule has 0 amide bonds. The number of fused-ring (bicyclic) bond motifs is 1. The van der Waals surface area contributed by atoms with Crippen molar-refractivity contribution in [3.8, 4) is 11.3 Å². The molecule has 0 unspecified atom stereocenters. The van der Waals surface area contributed by atoms with E-state index in [9.17, 15) is 0 Å². The van der Waals surface area contributed by atoms with Crippen LogP contribution in [0.25, 0.3) is 22.2 Å². The van der Waals surface area contributed by atoms with Gasteiger partial charge >= 0.3 is 0 Å². The van der Waals surface area contributed by atoms with Gasteiger partial charge in [0, 0.05) is 53.5 Å². The lowest BCUT2D eigenvalue weighted by molar-refractivity contribution is 0.217. The Morgan fingerprint density at radius 1 is 0.931 bits per heavy atom. The smallest absolute Gasteiger partial charge is 0.0559 e. The molecule has 0 bridgehead atoms. The number of nitrogens with one attached hydrogen (secondary N) is 2. The first kappa shape index (κ1) is 18.6. The Labute approximate surface area is 173 Å². The van der Waals surface area contributed by atoms with Crippen molar-refractivity contribution in [3.63, 3.8) is 0 Å². The monoisotopic (exact) mass is 389 g/mol. The fraction of sp³-hybridized carbons (Fsp3) is 0.458. The molecule has 0 aliphatic carbocycles. The molecule has 5 heteroatoms. The minimum absolute atomic E-state index is 0.657. The zero-order chi connectivity index (χ0) is 19.6. The van der Waals surface area contributed by atoms with E-state index in [2.05, 4.69) is 68.5 Å². The maximum absolute atomic E-state index is 4.54. The van der Waals surface area contributed by atoms with Crippen LogP contribution < -0.4 is 10.2 Å². The third kappa shape index (κ3) is 4.16. The van der Waals surface area contributed by atoms with E-state index in [1.807, 2.05) is 12.4 Å². The summed E-state index contributed by atoms with van der Waals surface area (Å²) in [6.07, 6.45) is 8.96. The minimum Gasteiger partial charge on any atom is -0.370 e. The summed E-state index contributed by atoms with van der Waals surface area (Å²) in [5, 5.41) is 5.17. The molecule has 2 saturated heterocycles. The van der Waals surface area contributed by atoms with E-state index in [1.54, 1.807) is 0 Å².